The highest BCUT2D eigenvalue weighted by molar-refractivity contribution is 6.23. The second-order valence-corrected chi connectivity index (χ2v) is 7.79. The van der Waals surface area contributed by atoms with Gasteiger partial charge in [0.25, 0.3) is 11.8 Å². The first-order chi connectivity index (χ1) is 12.6. The molecule has 0 aromatic heterocycles. The summed E-state index contributed by atoms with van der Waals surface area (Å²) in [4.78, 5) is 24.8. The lowest BCUT2D eigenvalue weighted by Crippen LogP contribution is -2.46. The van der Waals surface area contributed by atoms with Crippen molar-refractivity contribution >= 4 is 17.5 Å². The van der Waals surface area contributed by atoms with Crippen LogP contribution >= 0.6 is 0 Å². The first-order valence-corrected chi connectivity index (χ1v) is 9.79. The van der Waals surface area contributed by atoms with Crippen LogP contribution < -0.4 is 10.6 Å². The summed E-state index contributed by atoms with van der Waals surface area (Å²) in [6, 6.07) is 7.87. The Bertz CT molecular complexity index is 732. The summed E-state index contributed by atoms with van der Waals surface area (Å²) in [6.07, 6.45) is 8.98. The lowest BCUT2D eigenvalue weighted by molar-refractivity contribution is -0.123. The van der Waals surface area contributed by atoms with Crippen LogP contribution in [0.5, 0.6) is 0 Å². The van der Waals surface area contributed by atoms with Gasteiger partial charge in [0.1, 0.15) is 11.3 Å². The van der Waals surface area contributed by atoms with Gasteiger partial charge in [-0.25, -0.2) is 0 Å². The van der Waals surface area contributed by atoms with Gasteiger partial charge in [0.2, 0.25) is 0 Å². The Morgan fingerprint density at radius 2 is 1.73 bits per heavy atom. The monoisotopic (exact) mass is 354 g/mol. The third kappa shape index (κ3) is 3.22. The average molecular weight is 354 g/mol. The Morgan fingerprint density at radius 1 is 1.00 bits per heavy atom. The lowest BCUT2D eigenvalue weighted by Gasteiger charge is -2.27. The number of fused-ring (bicyclic) bond motifs is 1. The van der Waals surface area contributed by atoms with Crippen molar-refractivity contribution < 1.29 is 14.7 Å². The minimum Gasteiger partial charge on any atom is -0.511 e. The van der Waals surface area contributed by atoms with E-state index in [4.69, 9.17) is 0 Å². The van der Waals surface area contributed by atoms with Gasteiger partial charge in [-0.05, 0) is 49.3 Å². The van der Waals surface area contributed by atoms with E-state index in [9.17, 15) is 14.7 Å². The van der Waals surface area contributed by atoms with Crippen molar-refractivity contribution in [1.29, 1.82) is 0 Å². The summed E-state index contributed by atoms with van der Waals surface area (Å²) in [5, 5.41) is 16.1. The van der Waals surface area contributed by atoms with E-state index in [1.807, 2.05) is 12.1 Å². The molecule has 26 heavy (non-hydrogen) atoms. The number of carbonyl (C=O) groups excluding carboxylic acids is 2. The van der Waals surface area contributed by atoms with E-state index in [1.165, 1.54) is 37.7 Å². The van der Waals surface area contributed by atoms with Crippen LogP contribution in [0.25, 0.3) is 0 Å². The molecule has 3 N–H and O–H groups in total. The fraction of sp³-hybridized carbons (Fsp3) is 0.524. The number of rotatable bonds is 3. The van der Waals surface area contributed by atoms with E-state index in [0.717, 1.165) is 19.3 Å². The molecule has 2 aliphatic carbocycles. The van der Waals surface area contributed by atoms with Crippen molar-refractivity contribution in [3.05, 3.63) is 41.2 Å². The quantitative estimate of drug-likeness (QED) is 0.723. The second kappa shape index (κ2) is 7.14. The highest BCUT2D eigenvalue weighted by atomic mass is 16.3. The Labute approximate surface area is 153 Å². The highest BCUT2D eigenvalue weighted by Crippen LogP contribution is 2.36. The normalized spacial score (nSPS) is 26.4. The zero-order valence-corrected chi connectivity index (χ0v) is 15.0. The summed E-state index contributed by atoms with van der Waals surface area (Å²) in [5.74, 6) is -0.559. The third-order valence-electron chi connectivity index (χ3n) is 6.14. The smallest absolute Gasteiger partial charge is 0.264 e. The highest BCUT2D eigenvalue weighted by Gasteiger charge is 2.41. The van der Waals surface area contributed by atoms with Crippen LogP contribution in [0.1, 0.15) is 62.8 Å². The lowest BCUT2D eigenvalue weighted by atomic mass is 9.84. The maximum atomic E-state index is 12.6. The SMILES string of the molecule is O=C(Nc1ccc(C2CCCCC2)cc1)C1=C(O)C2CCCC2NC1=O. The van der Waals surface area contributed by atoms with Crippen LogP contribution in [-0.2, 0) is 9.59 Å². The Hall–Kier alpha value is -2.30. The molecule has 5 heteroatoms. The summed E-state index contributed by atoms with van der Waals surface area (Å²) in [6.45, 7) is 0. The maximum Gasteiger partial charge on any atom is 0.264 e. The summed E-state index contributed by atoms with van der Waals surface area (Å²) in [7, 11) is 0. The van der Waals surface area contributed by atoms with Gasteiger partial charge >= 0.3 is 0 Å². The van der Waals surface area contributed by atoms with Crippen molar-refractivity contribution in [3.63, 3.8) is 0 Å². The molecule has 0 bridgehead atoms. The van der Waals surface area contributed by atoms with E-state index in [1.54, 1.807) is 0 Å². The molecular weight excluding hydrogens is 328 g/mol. The van der Waals surface area contributed by atoms with Gasteiger partial charge in [0.05, 0.1) is 0 Å². The molecule has 2 atom stereocenters. The van der Waals surface area contributed by atoms with E-state index < -0.39 is 11.8 Å². The number of nitrogens with one attached hydrogen (secondary N) is 2. The summed E-state index contributed by atoms with van der Waals surface area (Å²) >= 11 is 0. The molecule has 2 fully saturated rings. The number of anilines is 1. The molecule has 1 aromatic rings. The number of aliphatic hydroxyl groups excluding tert-OH is 1. The predicted octanol–water partition coefficient (Wildman–Crippen LogP) is 3.78. The Balaban J connectivity index is 1.47. The molecule has 1 heterocycles. The standard InChI is InChI=1S/C21H26N2O3/c24-19-16-7-4-8-17(16)23-21(26)18(19)20(25)22-15-11-9-14(10-12-15)13-5-2-1-3-6-13/h9-13,16-17,24H,1-8H2,(H,22,25)(H,23,26). The third-order valence-corrected chi connectivity index (χ3v) is 6.14. The largest absolute Gasteiger partial charge is 0.511 e. The van der Waals surface area contributed by atoms with Crippen LogP contribution in [0.2, 0.25) is 0 Å². The molecule has 1 aromatic carbocycles. The van der Waals surface area contributed by atoms with Gasteiger partial charge in [-0.1, -0.05) is 37.8 Å². The van der Waals surface area contributed by atoms with Gasteiger partial charge < -0.3 is 15.7 Å². The molecule has 1 aliphatic heterocycles. The van der Waals surface area contributed by atoms with Gasteiger partial charge in [-0.2, -0.15) is 0 Å². The van der Waals surface area contributed by atoms with Crippen LogP contribution in [0, 0.1) is 5.92 Å². The van der Waals surface area contributed by atoms with Crippen LogP contribution in [-0.4, -0.2) is 23.0 Å². The van der Waals surface area contributed by atoms with Crippen molar-refractivity contribution in [3.8, 4) is 0 Å². The number of benzene rings is 1. The van der Waals surface area contributed by atoms with Crippen molar-refractivity contribution in [2.45, 2.75) is 63.3 Å². The van der Waals surface area contributed by atoms with Crippen molar-refractivity contribution in [2.24, 2.45) is 5.92 Å². The molecule has 2 amide bonds. The van der Waals surface area contributed by atoms with Gasteiger partial charge in [-0.3, -0.25) is 9.59 Å². The fourth-order valence-electron chi connectivity index (χ4n) is 4.69. The Kier molecular flexibility index (Phi) is 4.70. The van der Waals surface area contributed by atoms with E-state index in [-0.39, 0.29) is 23.3 Å². The molecule has 2 unspecified atom stereocenters. The summed E-state index contributed by atoms with van der Waals surface area (Å²) < 4.78 is 0. The zero-order valence-electron chi connectivity index (χ0n) is 15.0. The minimum absolute atomic E-state index is 0.0335. The number of amides is 2. The Morgan fingerprint density at radius 3 is 2.46 bits per heavy atom. The van der Waals surface area contributed by atoms with Crippen LogP contribution in [0.4, 0.5) is 5.69 Å². The molecular formula is C21H26N2O3. The van der Waals surface area contributed by atoms with Crippen molar-refractivity contribution in [2.75, 3.05) is 5.32 Å². The van der Waals surface area contributed by atoms with Gasteiger partial charge in [0.15, 0.2) is 0 Å². The second-order valence-electron chi connectivity index (χ2n) is 7.79. The number of hydrogen-bond acceptors (Lipinski definition) is 3. The molecule has 0 saturated heterocycles. The van der Waals surface area contributed by atoms with Crippen molar-refractivity contribution in [1.82, 2.24) is 5.32 Å². The number of carbonyl (C=O) groups is 2. The van der Waals surface area contributed by atoms with Crippen LogP contribution in [0.3, 0.4) is 0 Å². The number of aliphatic hydroxyl groups is 1. The molecule has 0 radical (unpaired) electrons. The topological polar surface area (TPSA) is 78.4 Å². The predicted molar refractivity (Wildman–Crippen MR) is 99.8 cm³/mol. The van der Waals surface area contributed by atoms with E-state index in [2.05, 4.69) is 22.8 Å². The molecule has 138 valence electrons. The number of hydrogen-bond donors (Lipinski definition) is 3. The average Bonchev–Trinajstić information content (AvgIpc) is 3.12. The molecule has 5 nitrogen and oxygen atoms in total. The van der Waals surface area contributed by atoms with E-state index >= 15 is 0 Å². The van der Waals surface area contributed by atoms with Crippen LogP contribution in [0.15, 0.2) is 35.6 Å². The fourth-order valence-corrected chi connectivity index (χ4v) is 4.69. The molecule has 3 aliphatic rings. The molecule has 4 rings (SSSR count). The molecule has 2 saturated carbocycles. The maximum absolute atomic E-state index is 12.6. The van der Waals surface area contributed by atoms with Gasteiger partial charge in [0, 0.05) is 17.6 Å². The summed E-state index contributed by atoms with van der Waals surface area (Å²) in [5.41, 5.74) is 1.83. The minimum atomic E-state index is -0.532. The zero-order chi connectivity index (χ0) is 18.1. The molecule has 0 spiro atoms. The van der Waals surface area contributed by atoms with E-state index in [0.29, 0.717) is 11.6 Å². The first kappa shape index (κ1) is 17.1. The van der Waals surface area contributed by atoms with Gasteiger partial charge in [-0.15, -0.1) is 0 Å². The first-order valence-electron chi connectivity index (χ1n) is 9.79.